The number of benzene rings is 1. The first-order valence-corrected chi connectivity index (χ1v) is 5.49. The van der Waals surface area contributed by atoms with Crippen LogP contribution in [0.25, 0.3) is 0 Å². The molecule has 0 saturated heterocycles. The first-order chi connectivity index (χ1) is 7.52. The Morgan fingerprint density at radius 3 is 2.62 bits per heavy atom. The predicted molar refractivity (Wildman–Crippen MR) is 65.1 cm³/mol. The summed E-state index contributed by atoms with van der Waals surface area (Å²) in [5.74, 6) is 1.30. The van der Waals surface area contributed by atoms with E-state index in [1.165, 1.54) is 0 Å². The Morgan fingerprint density at radius 1 is 1.38 bits per heavy atom. The van der Waals surface area contributed by atoms with Gasteiger partial charge < -0.3 is 10.5 Å². The summed E-state index contributed by atoms with van der Waals surface area (Å²) in [4.78, 5) is 0. The lowest BCUT2D eigenvalue weighted by atomic mass is 10.1. The first-order valence-electron chi connectivity index (χ1n) is 5.49. The predicted octanol–water partition coefficient (Wildman–Crippen LogP) is 2.95. The van der Waals surface area contributed by atoms with Gasteiger partial charge in [-0.05, 0) is 37.5 Å². The van der Waals surface area contributed by atoms with Crippen LogP contribution in [0.2, 0.25) is 0 Å². The Balaban J connectivity index is 2.71. The molecule has 0 bridgehead atoms. The normalized spacial score (nSPS) is 12.2. The Bertz CT molecular complexity index is 393. The minimum absolute atomic E-state index is 0.148. The van der Waals surface area contributed by atoms with Crippen molar-refractivity contribution in [2.75, 3.05) is 5.73 Å². The molecule has 0 saturated carbocycles. The smallest absolute Gasteiger partial charge is 0.121 e. The molecule has 1 unspecified atom stereocenters. The van der Waals surface area contributed by atoms with E-state index in [2.05, 4.69) is 13.8 Å². The van der Waals surface area contributed by atoms with E-state index in [1.54, 1.807) is 18.2 Å². The number of nitrogens with two attached hydrogens (primary N) is 1. The molecule has 1 aromatic carbocycles. The molecule has 3 heteroatoms. The summed E-state index contributed by atoms with van der Waals surface area (Å²) in [6, 6.07) is 7.23. The molecule has 1 aromatic rings. The van der Waals surface area contributed by atoms with Gasteiger partial charge >= 0.3 is 0 Å². The van der Waals surface area contributed by atoms with Gasteiger partial charge in [0.2, 0.25) is 0 Å². The van der Waals surface area contributed by atoms with Crippen molar-refractivity contribution in [3.8, 4) is 11.8 Å². The van der Waals surface area contributed by atoms with Crippen molar-refractivity contribution < 1.29 is 4.74 Å². The van der Waals surface area contributed by atoms with Crippen LogP contribution in [-0.4, -0.2) is 6.10 Å². The second kappa shape index (κ2) is 5.41. The second-order valence-electron chi connectivity index (χ2n) is 4.42. The zero-order chi connectivity index (χ0) is 12.1. The summed E-state index contributed by atoms with van der Waals surface area (Å²) in [5, 5.41) is 8.84. The summed E-state index contributed by atoms with van der Waals surface area (Å²) >= 11 is 0. The van der Waals surface area contributed by atoms with Crippen molar-refractivity contribution in [2.24, 2.45) is 5.92 Å². The Morgan fingerprint density at radius 2 is 2.06 bits per heavy atom. The minimum atomic E-state index is 0.148. The highest BCUT2D eigenvalue weighted by Gasteiger charge is 2.08. The second-order valence-corrected chi connectivity index (χ2v) is 4.42. The largest absolute Gasteiger partial charge is 0.491 e. The standard InChI is InChI=1S/C13H18N2O/c1-9(2)6-10(3)16-12-4-5-13(15)11(7-12)8-14/h4-5,7,9-10H,6,15H2,1-3H3. The molecular formula is C13H18N2O. The van der Waals surface area contributed by atoms with E-state index in [4.69, 9.17) is 15.7 Å². The van der Waals surface area contributed by atoms with Gasteiger partial charge in [0.05, 0.1) is 11.7 Å². The van der Waals surface area contributed by atoms with Crippen molar-refractivity contribution in [3.63, 3.8) is 0 Å². The van der Waals surface area contributed by atoms with Gasteiger partial charge in [0, 0.05) is 5.69 Å². The molecule has 16 heavy (non-hydrogen) atoms. The third-order valence-electron chi connectivity index (χ3n) is 2.29. The fourth-order valence-corrected chi connectivity index (χ4v) is 1.65. The molecule has 0 spiro atoms. The van der Waals surface area contributed by atoms with Crippen molar-refractivity contribution >= 4 is 5.69 Å². The van der Waals surface area contributed by atoms with Gasteiger partial charge in [-0.3, -0.25) is 0 Å². The number of nitrogen functional groups attached to an aromatic ring is 1. The van der Waals surface area contributed by atoms with Crippen molar-refractivity contribution in [1.82, 2.24) is 0 Å². The highest BCUT2D eigenvalue weighted by molar-refractivity contribution is 5.56. The summed E-state index contributed by atoms with van der Waals surface area (Å²) in [5.41, 5.74) is 6.59. The number of ether oxygens (including phenoxy) is 1. The van der Waals surface area contributed by atoms with E-state index in [-0.39, 0.29) is 6.10 Å². The lowest BCUT2D eigenvalue weighted by Crippen LogP contribution is -2.14. The molecule has 0 aliphatic carbocycles. The quantitative estimate of drug-likeness (QED) is 0.790. The molecule has 0 radical (unpaired) electrons. The number of nitriles is 1. The summed E-state index contributed by atoms with van der Waals surface area (Å²) < 4.78 is 5.72. The zero-order valence-corrected chi connectivity index (χ0v) is 10.0. The van der Waals surface area contributed by atoms with Gasteiger partial charge in [0.1, 0.15) is 11.8 Å². The van der Waals surface area contributed by atoms with Crippen molar-refractivity contribution in [3.05, 3.63) is 23.8 Å². The molecule has 0 aliphatic heterocycles. The third-order valence-corrected chi connectivity index (χ3v) is 2.29. The monoisotopic (exact) mass is 218 g/mol. The number of nitrogens with zero attached hydrogens (tertiary/aromatic N) is 1. The molecule has 2 N–H and O–H groups in total. The fraction of sp³-hybridized carbons (Fsp3) is 0.462. The maximum absolute atomic E-state index is 8.84. The van der Waals surface area contributed by atoms with Gasteiger partial charge in [-0.15, -0.1) is 0 Å². The Hall–Kier alpha value is -1.69. The summed E-state index contributed by atoms with van der Waals surface area (Å²) in [7, 11) is 0. The van der Waals surface area contributed by atoms with E-state index >= 15 is 0 Å². The fourth-order valence-electron chi connectivity index (χ4n) is 1.65. The Labute approximate surface area is 96.8 Å². The molecule has 0 fully saturated rings. The van der Waals surface area contributed by atoms with Gasteiger partial charge in [-0.1, -0.05) is 13.8 Å². The van der Waals surface area contributed by atoms with Crippen molar-refractivity contribution in [2.45, 2.75) is 33.3 Å². The molecule has 0 amide bonds. The SMILES string of the molecule is CC(C)CC(C)Oc1ccc(N)c(C#N)c1. The topological polar surface area (TPSA) is 59.0 Å². The van der Waals surface area contributed by atoms with Crippen molar-refractivity contribution in [1.29, 1.82) is 5.26 Å². The number of rotatable bonds is 4. The Kier molecular flexibility index (Phi) is 4.19. The van der Waals surface area contributed by atoms with E-state index in [0.29, 0.717) is 22.9 Å². The highest BCUT2D eigenvalue weighted by atomic mass is 16.5. The molecule has 1 atom stereocenters. The third kappa shape index (κ3) is 3.47. The maximum Gasteiger partial charge on any atom is 0.121 e. The van der Waals surface area contributed by atoms with Gasteiger partial charge in [-0.25, -0.2) is 0 Å². The minimum Gasteiger partial charge on any atom is -0.491 e. The van der Waals surface area contributed by atoms with Gasteiger partial charge in [0.25, 0.3) is 0 Å². The highest BCUT2D eigenvalue weighted by Crippen LogP contribution is 2.21. The van der Waals surface area contributed by atoms with Crippen LogP contribution in [0.4, 0.5) is 5.69 Å². The van der Waals surface area contributed by atoms with Crippen LogP contribution in [0.3, 0.4) is 0 Å². The van der Waals surface area contributed by atoms with E-state index in [9.17, 15) is 0 Å². The molecule has 0 heterocycles. The molecular weight excluding hydrogens is 200 g/mol. The van der Waals surface area contributed by atoms with Crippen LogP contribution in [0.15, 0.2) is 18.2 Å². The van der Waals surface area contributed by atoms with Gasteiger partial charge in [-0.2, -0.15) is 5.26 Å². The molecule has 0 aromatic heterocycles. The summed E-state index contributed by atoms with van der Waals surface area (Å²) in [6.45, 7) is 6.34. The molecule has 86 valence electrons. The summed E-state index contributed by atoms with van der Waals surface area (Å²) in [6.07, 6.45) is 1.14. The molecule has 1 rings (SSSR count). The lowest BCUT2D eigenvalue weighted by molar-refractivity contribution is 0.193. The number of anilines is 1. The van der Waals surface area contributed by atoms with Crippen LogP contribution >= 0.6 is 0 Å². The molecule has 0 aliphatic rings. The molecule has 3 nitrogen and oxygen atoms in total. The van der Waals surface area contributed by atoms with Crippen LogP contribution in [-0.2, 0) is 0 Å². The number of hydrogen-bond donors (Lipinski definition) is 1. The van der Waals surface area contributed by atoms with Crippen LogP contribution in [0, 0.1) is 17.2 Å². The maximum atomic E-state index is 8.84. The lowest BCUT2D eigenvalue weighted by Gasteiger charge is -2.16. The van der Waals surface area contributed by atoms with Crippen LogP contribution < -0.4 is 10.5 Å². The zero-order valence-electron chi connectivity index (χ0n) is 10.0. The average molecular weight is 218 g/mol. The van der Waals surface area contributed by atoms with E-state index in [0.717, 1.165) is 6.42 Å². The first kappa shape index (κ1) is 12.4. The number of hydrogen-bond acceptors (Lipinski definition) is 3. The van der Waals surface area contributed by atoms with E-state index in [1.807, 2.05) is 13.0 Å². The van der Waals surface area contributed by atoms with Crippen LogP contribution in [0.1, 0.15) is 32.8 Å². The van der Waals surface area contributed by atoms with E-state index < -0.39 is 0 Å². The van der Waals surface area contributed by atoms with Gasteiger partial charge in [0.15, 0.2) is 0 Å². The van der Waals surface area contributed by atoms with Crippen LogP contribution in [0.5, 0.6) is 5.75 Å². The average Bonchev–Trinajstić information content (AvgIpc) is 2.19.